The number of ether oxygens (including phenoxy) is 1. The summed E-state index contributed by atoms with van der Waals surface area (Å²) >= 11 is 0. The molecule has 0 N–H and O–H groups in total. The van der Waals surface area contributed by atoms with Gasteiger partial charge < -0.3 is 9.64 Å². The van der Waals surface area contributed by atoms with E-state index >= 15 is 0 Å². The van der Waals surface area contributed by atoms with Gasteiger partial charge in [0, 0.05) is 13.1 Å². The summed E-state index contributed by atoms with van der Waals surface area (Å²) < 4.78 is 6.06. The van der Waals surface area contributed by atoms with Crippen molar-refractivity contribution in [3.63, 3.8) is 0 Å². The van der Waals surface area contributed by atoms with E-state index in [1.807, 2.05) is 0 Å². The summed E-state index contributed by atoms with van der Waals surface area (Å²) in [5.41, 5.74) is 2.65. The van der Waals surface area contributed by atoms with E-state index in [-0.39, 0.29) is 0 Å². The molecule has 1 aromatic rings. The molecule has 0 aliphatic carbocycles. The fourth-order valence-electron chi connectivity index (χ4n) is 2.32. The van der Waals surface area contributed by atoms with Crippen LogP contribution in [0.5, 0.6) is 5.75 Å². The molecule has 0 radical (unpaired) electrons. The number of benzene rings is 1. The van der Waals surface area contributed by atoms with Crippen molar-refractivity contribution < 1.29 is 4.74 Å². The molecule has 0 spiro atoms. The van der Waals surface area contributed by atoms with Crippen molar-refractivity contribution in [2.45, 2.75) is 39.7 Å². The van der Waals surface area contributed by atoms with E-state index in [1.165, 1.54) is 24.2 Å². The molecule has 1 saturated heterocycles. The maximum absolute atomic E-state index is 6.06. The van der Waals surface area contributed by atoms with Gasteiger partial charge in [0.25, 0.3) is 0 Å². The zero-order valence-corrected chi connectivity index (χ0v) is 11.2. The van der Waals surface area contributed by atoms with Crippen LogP contribution in [0, 0.1) is 13.8 Å². The highest BCUT2D eigenvalue weighted by molar-refractivity contribution is 5.33. The number of likely N-dealkylation sites (tertiary alicyclic amines) is 1. The largest absolute Gasteiger partial charge is 0.490 e. The summed E-state index contributed by atoms with van der Waals surface area (Å²) in [5.74, 6) is 1.03. The molecule has 0 saturated carbocycles. The molecule has 0 bridgehead atoms. The molecular formula is C15H23NO. The molecule has 1 fully saturated rings. The molecule has 0 aromatic heterocycles. The minimum absolute atomic E-state index is 0.403. The Bertz CT molecular complexity index is 367. The quantitative estimate of drug-likeness (QED) is 0.795. The van der Waals surface area contributed by atoms with Crippen LogP contribution in [0.2, 0.25) is 0 Å². The summed E-state index contributed by atoms with van der Waals surface area (Å²) in [6.45, 7) is 10.0. The van der Waals surface area contributed by atoms with Gasteiger partial charge in [-0.25, -0.2) is 0 Å². The summed E-state index contributed by atoms with van der Waals surface area (Å²) in [6, 6.07) is 6.39. The molecule has 17 heavy (non-hydrogen) atoms. The van der Waals surface area contributed by atoms with Crippen LogP contribution in [0.25, 0.3) is 0 Å². The third kappa shape index (κ3) is 3.22. The Labute approximate surface area is 105 Å². The molecule has 0 atom stereocenters. The number of piperidine rings is 1. The monoisotopic (exact) mass is 233 g/mol. The predicted molar refractivity (Wildman–Crippen MR) is 71.7 cm³/mol. The molecule has 1 heterocycles. The highest BCUT2D eigenvalue weighted by Gasteiger charge is 2.19. The maximum Gasteiger partial charge on any atom is 0.120 e. The second kappa shape index (κ2) is 5.54. The Balaban J connectivity index is 1.91. The van der Waals surface area contributed by atoms with Crippen LogP contribution < -0.4 is 4.74 Å². The highest BCUT2D eigenvalue weighted by atomic mass is 16.5. The van der Waals surface area contributed by atoms with E-state index in [4.69, 9.17) is 4.74 Å². The summed E-state index contributed by atoms with van der Waals surface area (Å²) in [7, 11) is 0. The number of hydrogen-bond donors (Lipinski definition) is 0. The molecule has 1 aliphatic heterocycles. The Morgan fingerprint density at radius 3 is 2.47 bits per heavy atom. The smallest absolute Gasteiger partial charge is 0.120 e. The van der Waals surface area contributed by atoms with Gasteiger partial charge in [0.1, 0.15) is 11.9 Å². The SMILES string of the molecule is CCN1CCC(Oc2ccc(C)c(C)c2)CC1. The standard InChI is InChI=1S/C15H23NO/c1-4-16-9-7-14(8-10-16)17-15-6-5-12(2)13(3)11-15/h5-6,11,14H,4,7-10H2,1-3H3. The molecule has 0 unspecified atom stereocenters. The normalized spacial score (nSPS) is 18.3. The van der Waals surface area contributed by atoms with Crippen LogP contribution in [0.3, 0.4) is 0 Å². The van der Waals surface area contributed by atoms with E-state index in [2.05, 4.69) is 43.9 Å². The van der Waals surface area contributed by atoms with E-state index in [0.717, 1.165) is 25.1 Å². The van der Waals surface area contributed by atoms with Crippen LogP contribution in [-0.4, -0.2) is 30.6 Å². The Hall–Kier alpha value is -1.02. The topological polar surface area (TPSA) is 12.5 Å². The molecular weight excluding hydrogens is 210 g/mol. The van der Waals surface area contributed by atoms with Crippen molar-refractivity contribution in [1.29, 1.82) is 0 Å². The Kier molecular flexibility index (Phi) is 4.06. The average molecular weight is 233 g/mol. The second-order valence-corrected chi connectivity index (χ2v) is 5.00. The first kappa shape index (κ1) is 12.4. The van der Waals surface area contributed by atoms with Gasteiger partial charge in [0.05, 0.1) is 0 Å². The van der Waals surface area contributed by atoms with E-state index in [0.29, 0.717) is 6.10 Å². The van der Waals surface area contributed by atoms with Crippen LogP contribution in [0.1, 0.15) is 30.9 Å². The van der Waals surface area contributed by atoms with Crippen molar-refractivity contribution >= 4 is 0 Å². The van der Waals surface area contributed by atoms with Gasteiger partial charge in [-0.05, 0) is 56.5 Å². The van der Waals surface area contributed by atoms with Crippen LogP contribution in [0.15, 0.2) is 18.2 Å². The molecule has 0 amide bonds. The lowest BCUT2D eigenvalue weighted by Crippen LogP contribution is -2.37. The number of rotatable bonds is 3. The Morgan fingerprint density at radius 2 is 1.88 bits per heavy atom. The summed E-state index contributed by atoms with van der Waals surface area (Å²) in [4.78, 5) is 2.49. The van der Waals surface area contributed by atoms with Crippen LogP contribution >= 0.6 is 0 Å². The van der Waals surface area contributed by atoms with Gasteiger partial charge in [0.15, 0.2) is 0 Å². The molecule has 94 valence electrons. The van der Waals surface area contributed by atoms with Gasteiger partial charge >= 0.3 is 0 Å². The summed E-state index contributed by atoms with van der Waals surface area (Å²) in [6.07, 6.45) is 2.71. The minimum Gasteiger partial charge on any atom is -0.490 e. The van der Waals surface area contributed by atoms with Gasteiger partial charge in [0.2, 0.25) is 0 Å². The van der Waals surface area contributed by atoms with Gasteiger partial charge in [-0.1, -0.05) is 13.0 Å². The molecule has 1 aromatic carbocycles. The zero-order chi connectivity index (χ0) is 12.3. The van der Waals surface area contributed by atoms with E-state index in [9.17, 15) is 0 Å². The van der Waals surface area contributed by atoms with Gasteiger partial charge in [-0.2, -0.15) is 0 Å². The Morgan fingerprint density at radius 1 is 1.18 bits per heavy atom. The summed E-state index contributed by atoms with van der Waals surface area (Å²) in [5, 5.41) is 0. The third-order valence-corrected chi connectivity index (χ3v) is 3.76. The van der Waals surface area contributed by atoms with Crippen LogP contribution in [-0.2, 0) is 0 Å². The van der Waals surface area contributed by atoms with Crippen molar-refractivity contribution in [3.05, 3.63) is 29.3 Å². The second-order valence-electron chi connectivity index (χ2n) is 5.00. The fraction of sp³-hybridized carbons (Fsp3) is 0.600. The zero-order valence-electron chi connectivity index (χ0n) is 11.2. The highest BCUT2D eigenvalue weighted by Crippen LogP contribution is 2.21. The van der Waals surface area contributed by atoms with E-state index in [1.54, 1.807) is 0 Å². The first-order chi connectivity index (χ1) is 8.19. The van der Waals surface area contributed by atoms with Gasteiger partial charge in [-0.15, -0.1) is 0 Å². The van der Waals surface area contributed by atoms with Gasteiger partial charge in [-0.3, -0.25) is 0 Å². The predicted octanol–water partition coefficient (Wildman–Crippen LogP) is 3.17. The molecule has 2 heteroatoms. The number of aryl methyl sites for hydroxylation is 2. The minimum atomic E-state index is 0.403. The van der Waals surface area contributed by atoms with Crippen LogP contribution in [0.4, 0.5) is 0 Å². The maximum atomic E-state index is 6.06. The van der Waals surface area contributed by atoms with Crippen molar-refractivity contribution in [2.75, 3.05) is 19.6 Å². The van der Waals surface area contributed by atoms with E-state index < -0.39 is 0 Å². The number of nitrogens with zero attached hydrogens (tertiary/aromatic N) is 1. The lowest BCUT2D eigenvalue weighted by Gasteiger charge is -2.31. The molecule has 1 aliphatic rings. The third-order valence-electron chi connectivity index (χ3n) is 3.76. The van der Waals surface area contributed by atoms with Crippen molar-refractivity contribution in [3.8, 4) is 5.75 Å². The lowest BCUT2D eigenvalue weighted by atomic mass is 10.1. The first-order valence-corrected chi connectivity index (χ1v) is 6.65. The molecule has 2 rings (SSSR count). The first-order valence-electron chi connectivity index (χ1n) is 6.65. The van der Waals surface area contributed by atoms with Crippen molar-refractivity contribution in [2.24, 2.45) is 0 Å². The van der Waals surface area contributed by atoms with Crippen molar-refractivity contribution in [1.82, 2.24) is 4.90 Å². The number of hydrogen-bond acceptors (Lipinski definition) is 2. The molecule has 2 nitrogen and oxygen atoms in total. The fourth-order valence-corrected chi connectivity index (χ4v) is 2.32. The lowest BCUT2D eigenvalue weighted by molar-refractivity contribution is 0.104. The average Bonchev–Trinajstić information content (AvgIpc) is 2.35.